The van der Waals surface area contributed by atoms with Crippen molar-refractivity contribution in [3.8, 4) is 0 Å². The summed E-state index contributed by atoms with van der Waals surface area (Å²) in [5.74, 6) is -3.29. The number of carbonyl (C=O) groups is 3. The smallest absolute Gasteiger partial charge is 0.247 e. The fourth-order valence-electron chi connectivity index (χ4n) is 6.19. The average Bonchev–Trinajstić information content (AvgIpc) is 3.14. The first-order valence-corrected chi connectivity index (χ1v) is 13.2. The Labute approximate surface area is 226 Å². The maximum Gasteiger partial charge on any atom is 0.247 e. The highest BCUT2D eigenvalue weighted by atomic mass is 79.9. The maximum atomic E-state index is 14.0. The van der Waals surface area contributed by atoms with Crippen molar-refractivity contribution in [3.63, 3.8) is 0 Å². The first-order valence-electron chi connectivity index (χ1n) is 11.6. The van der Waals surface area contributed by atoms with E-state index >= 15 is 0 Å². The van der Waals surface area contributed by atoms with Gasteiger partial charge in [0, 0.05) is 10.2 Å². The van der Waals surface area contributed by atoms with Crippen LogP contribution in [0.15, 0.2) is 71.2 Å². The van der Waals surface area contributed by atoms with Crippen molar-refractivity contribution in [2.45, 2.75) is 29.6 Å². The number of imide groups is 1. The van der Waals surface area contributed by atoms with Crippen LogP contribution in [0, 0.1) is 18.8 Å². The fraction of sp³-hybridized carbons (Fsp3) is 0.250. The van der Waals surface area contributed by atoms with Gasteiger partial charge < -0.3 is 5.32 Å². The van der Waals surface area contributed by atoms with Crippen molar-refractivity contribution < 1.29 is 14.4 Å². The number of amides is 3. The first kappa shape index (κ1) is 23.7. The molecule has 0 unspecified atom stereocenters. The lowest BCUT2D eigenvalue weighted by Gasteiger charge is -2.54. The Balaban J connectivity index is 1.44. The van der Waals surface area contributed by atoms with Gasteiger partial charge in [-0.05, 0) is 59.9 Å². The van der Waals surface area contributed by atoms with Crippen molar-refractivity contribution in [2.75, 3.05) is 5.32 Å². The lowest BCUT2D eigenvalue weighted by Crippen LogP contribution is -2.57. The van der Waals surface area contributed by atoms with Gasteiger partial charge in [-0.1, -0.05) is 64.5 Å². The van der Waals surface area contributed by atoms with Gasteiger partial charge >= 0.3 is 0 Å². The predicted octanol–water partition coefficient (Wildman–Crippen LogP) is 5.68. The van der Waals surface area contributed by atoms with Crippen molar-refractivity contribution in [1.82, 2.24) is 4.90 Å². The molecule has 36 heavy (non-hydrogen) atoms. The third-order valence-electron chi connectivity index (χ3n) is 7.83. The normalized spacial score (nSPS) is 28.4. The van der Waals surface area contributed by atoms with E-state index in [2.05, 4.69) is 21.2 Å². The zero-order chi connectivity index (χ0) is 25.6. The molecule has 1 heterocycles. The zero-order valence-electron chi connectivity index (χ0n) is 19.4. The van der Waals surface area contributed by atoms with Crippen LogP contribution in [0.4, 0.5) is 5.69 Å². The summed E-state index contributed by atoms with van der Waals surface area (Å²) in [7, 11) is 0. The van der Waals surface area contributed by atoms with Gasteiger partial charge in [0.1, 0.15) is 15.8 Å². The molecule has 0 spiro atoms. The molecule has 1 saturated heterocycles. The van der Waals surface area contributed by atoms with E-state index in [1.165, 1.54) is 0 Å². The van der Waals surface area contributed by atoms with Gasteiger partial charge in [0.25, 0.3) is 0 Å². The van der Waals surface area contributed by atoms with Gasteiger partial charge in [-0.25, -0.2) is 0 Å². The number of alkyl halides is 2. The SMILES string of the molecule is Cc1cc(Br)ccc1NC(=O)[C@H](C)N1C(=O)[C@@H]2[C@H](C1=O)C1(Cl)c3ccccc3C2(Cl)c2ccccc21. The highest BCUT2D eigenvalue weighted by Crippen LogP contribution is 2.69. The number of halogens is 3. The van der Waals surface area contributed by atoms with E-state index in [0.717, 1.165) is 37.2 Å². The van der Waals surface area contributed by atoms with Crippen molar-refractivity contribution in [1.29, 1.82) is 0 Å². The quantitative estimate of drug-likeness (QED) is 0.319. The second-order valence-corrected chi connectivity index (χ2v) is 11.7. The minimum absolute atomic E-state index is 0.463. The molecule has 3 aliphatic carbocycles. The summed E-state index contributed by atoms with van der Waals surface area (Å²) in [6, 6.07) is 19.3. The number of hydrogen-bond donors (Lipinski definition) is 1. The third-order valence-corrected chi connectivity index (χ3v) is 9.61. The van der Waals surface area contributed by atoms with E-state index in [1.54, 1.807) is 13.0 Å². The minimum atomic E-state index is -1.27. The number of aryl methyl sites for hydroxylation is 1. The number of likely N-dealkylation sites (tertiary alicyclic amines) is 1. The topological polar surface area (TPSA) is 66.5 Å². The van der Waals surface area contributed by atoms with E-state index in [4.69, 9.17) is 23.2 Å². The summed E-state index contributed by atoms with van der Waals surface area (Å²) in [6.07, 6.45) is 0. The Morgan fingerprint density at radius 1 is 0.889 bits per heavy atom. The Morgan fingerprint density at radius 3 is 1.75 bits per heavy atom. The van der Waals surface area contributed by atoms with E-state index in [9.17, 15) is 14.4 Å². The molecule has 3 aromatic carbocycles. The number of hydrogen-bond acceptors (Lipinski definition) is 3. The monoisotopic (exact) mass is 582 g/mol. The lowest BCUT2D eigenvalue weighted by molar-refractivity contribution is -0.146. The summed E-state index contributed by atoms with van der Waals surface area (Å²) >= 11 is 18.3. The van der Waals surface area contributed by atoms with Crippen LogP contribution >= 0.6 is 39.1 Å². The molecule has 0 aromatic heterocycles. The van der Waals surface area contributed by atoms with E-state index in [-0.39, 0.29) is 0 Å². The van der Waals surface area contributed by atoms with Crippen LogP contribution in [-0.4, -0.2) is 28.7 Å². The number of nitrogens with one attached hydrogen (secondary N) is 1. The minimum Gasteiger partial charge on any atom is -0.324 e. The maximum absolute atomic E-state index is 14.0. The molecule has 0 saturated carbocycles. The van der Waals surface area contributed by atoms with Gasteiger partial charge in [-0.3, -0.25) is 19.3 Å². The molecule has 3 atom stereocenters. The van der Waals surface area contributed by atoms with Crippen molar-refractivity contribution >= 4 is 62.5 Å². The molecule has 2 bridgehead atoms. The molecule has 5 nitrogen and oxygen atoms in total. The van der Waals surface area contributed by atoms with Crippen molar-refractivity contribution in [2.24, 2.45) is 11.8 Å². The highest BCUT2D eigenvalue weighted by Gasteiger charge is 2.73. The summed E-state index contributed by atoms with van der Waals surface area (Å²) in [5, 5.41) is 2.86. The van der Waals surface area contributed by atoms with Crippen LogP contribution in [0.2, 0.25) is 0 Å². The standard InChI is InChI=1S/C28H21BrCl2N2O3/c1-14-13-16(29)11-12-21(14)32-24(34)15(2)33-25(35)22-23(26(33)36)28(31)18-8-4-3-7-17(18)27(22,30)19-9-5-6-10-20(19)28/h3-13,15,22-23H,1-2H3,(H,32,34)/t15-,22-,23+,27?,28?/m0/s1. The second-order valence-electron chi connectivity index (χ2n) is 9.64. The van der Waals surface area contributed by atoms with E-state index in [0.29, 0.717) is 5.69 Å². The molecular weight excluding hydrogens is 563 g/mol. The largest absolute Gasteiger partial charge is 0.324 e. The van der Waals surface area contributed by atoms with Gasteiger partial charge in [0.05, 0.1) is 11.8 Å². The summed E-state index contributed by atoms with van der Waals surface area (Å²) < 4.78 is 0.884. The molecule has 1 aliphatic heterocycles. The van der Waals surface area contributed by atoms with E-state index in [1.807, 2.05) is 67.6 Å². The zero-order valence-corrected chi connectivity index (χ0v) is 22.5. The van der Waals surface area contributed by atoms with Crippen LogP contribution in [0.3, 0.4) is 0 Å². The molecule has 3 aromatic rings. The molecule has 1 N–H and O–H groups in total. The van der Waals surface area contributed by atoms with Crippen LogP contribution in [-0.2, 0) is 24.1 Å². The molecule has 182 valence electrons. The molecule has 1 fully saturated rings. The van der Waals surface area contributed by atoms with Gasteiger partial charge in [-0.2, -0.15) is 0 Å². The summed E-state index contributed by atoms with van der Waals surface area (Å²) in [6.45, 7) is 3.42. The molecule has 4 aliphatic rings. The molecule has 7 rings (SSSR count). The van der Waals surface area contributed by atoms with Crippen LogP contribution in [0.1, 0.15) is 34.7 Å². The number of nitrogens with zero attached hydrogens (tertiary/aromatic N) is 1. The summed E-state index contributed by atoms with van der Waals surface area (Å²) in [5.41, 5.74) is 4.37. The molecule has 8 heteroatoms. The van der Waals surface area contributed by atoms with Crippen molar-refractivity contribution in [3.05, 3.63) is 99.0 Å². The fourth-order valence-corrected chi connectivity index (χ4v) is 7.77. The third kappa shape index (κ3) is 2.86. The van der Waals surface area contributed by atoms with Gasteiger partial charge in [-0.15, -0.1) is 23.2 Å². The highest BCUT2D eigenvalue weighted by molar-refractivity contribution is 9.10. The van der Waals surface area contributed by atoms with E-state index < -0.39 is 45.3 Å². The summed E-state index contributed by atoms with van der Waals surface area (Å²) in [4.78, 5) is 39.8. The lowest BCUT2D eigenvalue weighted by atomic mass is 9.54. The number of anilines is 1. The van der Waals surface area contributed by atoms with Gasteiger partial charge in [0.15, 0.2) is 0 Å². The van der Waals surface area contributed by atoms with Crippen LogP contribution in [0.5, 0.6) is 0 Å². The average molecular weight is 584 g/mol. The number of benzene rings is 3. The predicted molar refractivity (Wildman–Crippen MR) is 142 cm³/mol. The van der Waals surface area contributed by atoms with Crippen LogP contribution < -0.4 is 5.32 Å². The Morgan fingerprint density at radius 2 is 1.33 bits per heavy atom. The Bertz CT molecular complexity index is 1370. The Hall–Kier alpha value is -2.67. The number of carbonyl (C=O) groups excluding carboxylic acids is 3. The molecule has 0 radical (unpaired) electrons. The molecule has 3 amide bonds. The Kier molecular flexibility index (Phi) is 5.21. The van der Waals surface area contributed by atoms with Crippen LogP contribution in [0.25, 0.3) is 0 Å². The van der Waals surface area contributed by atoms with Gasteiger partial charge in [0.2, 0.25) is 17.7 Å². The second kappa shape index (κ2) is 7.91. The first-order chi connectivity index (χ1) is 17.1. The molecular formula is C28H21BrCl2N2O3. The number of rotatable bonds is 3.